The van der Waals surface area contributed by atoms with Crippen LogP contribution in [0.25, 0.3) is 0 Å². The summed E-state index contributed by atoms with van der Waals surface area (Å²) in [7, 11) is 0. The lowest BCUT2D eigenvalue weighted by Crippen LogP contribution is -2.34. The first-order valence-electron chi connectivity index (χ1n) is 8.39. The molecular weight excluding hydrogens is 348 g/mol. The SMILES string of the molecule is C.Nc1ccc2c(c1)OCC(CO)N2.Nc1ccc2c(c1)OCC(O)CN2. The van der Waals surface area contributed by atoms with Gasteiger partial charge in [-0.25, -0.2) is 0 Å². The number of hydrogen-bond donors (Lipinski definition) is 6. The normalized spacial score (nSPS) is 19.6. The summed E-state index contributed by atoms with van der Waals surface area (Å²) in [6.45, 7) is 1.37. The average Bonchev–Trinajstić information content (AvgIpc) is 2.83. The van der Waals surface area contributed by atoms with E-state index in [4.69, 9.17) is 26.0 Å². The van der Waals surface area contributed by atoms with Gasteiger partial charge in [-0.05, 0) is 24.3 Å². The van der Waals surface area contributed by atoms with E-state index >= 15 is 0 Å². The highest BCUT2D eigenvalue weighted by atomic mass is 16.5. The minimum Gasteiger partial charge on any atom is -0.489 e. The molecule has 8 heteroatoms. The van der Waals surface area contributed by atoms with Crippen LogP contribution in [-0.2, 0) is 0 Å². The number of nitrogens with one attached hydrogen (secondary N) is 2. The van der Waals surface area contributed by atoms with Crippen molar-refractivity contribution in [2.45, 2.75) is 19.6 Å². The van der Waals surface area contributed by atoms with Crippen LogP contribution in [0.1, 0.15) is 7.43 Å². The van der Waals surface area contributed by atoms with E-state index in [1.807, 2.05) is 12.1 Å². The number of aliphatic hydroxyl groups is 2. The van der Waals surface area contributed by atoms with Crippen molar-refractivity contribution in [3.8, 4) is 11.5 Å². The highest BCUT2D eigenvalue weighted by Crippen LogP contribution is 2.30. The van der Waals surface area contributed by atoms with Crippen molar-refractivity contribution >= 4 is 22.7 Å². The van der Waals surface area contributed by atoms with E-state index in [0.29, 0.717) is 36.9 Å². The molecule has 2 heterocycles. The topological polar surface area (TPSA) is 135 Å². The van der Waals surface area contributed by atoms with Crippen molar-refractivity contribution in [1.29, 1.82) is 0 Å². The van der Waals surface area contributed by atoms with Crippen LogP contribution in [0.2, 0.25) is 0 Å². The monoisotopic (exact) mass is 376 g/mol. The third kappa shape index (κ3) is 5.32. The number of benzene rings is 2. The predicted octanol–water partition coefficient (Wildman–Crippen LogP) is 1.50. The van der Waals surface area contributed by atoms with Crippen LogP contribution in [0.15, 0.2) is 36.4 Å². The third-order valence-corrected chi connectivity index (χ3v) is 3.99. The Morgan fingerprint density at radius 3 is 2.22 bits per heavy atom. The molecule has 2 aromatic rings. The first-order valence-corrected chi connectivity index (χ1v) is 8.39. The number of anilines is 4. The Balaban J connectivity index is 0.000000187. The molecule has 2 aromatic carbocycles. The Hall–Kier alpha value is -2.84. The first kappa shape index (κ1) is 20.5. The number of rotatable bonds is 1. The molecule has 2 atom stereocenters. The van der Waals surface area contributed by atoms with Gasteiger partial charge in [0.1, 0.15) is 30.8 Å². The van der Waals surface area contributed by atoms with Gasteiger partial charge in [-0.1, -0.05) is 7.43 Å². The molecule has 2 aliphatic rings. The Kier molecular flexibility index (Phi) is 6.98. The number of nitrogens with two attached hydrogens (primary N) is 2. The zero-order valence-corrected chi connectivity index (χ0v) is 14.3. The van der Waals surface area contributed by atoms with Gasteiger partial charge < -0.3 is 41.8 Å². The van der Waals surface area contributed by atoms with E-state index in [-0.39, 0.29) is 20.1 Å². The highest BCUT2D eigenvalue weighted by molar-refractivity contribution is 5.64. The van der Waals surface area contributed by atoms with Gasteiger partial charge in [-0.2, -0.15) is 0 Å². The quantitative estimate of drug-likeness (QED) is 0.412. The summed E-state index contributed by atoms with van der Waals surface area (Å²) in [6, 6.07) is 10.8. The zero-order chi connectivity index (χ0) is 18.5. The lowest BCUT2D eigenvalue weighted by molar-refractivity contribution is 0.122. The average molecular weight is 376 g/mol. The van der Waals surface area contributed by atoms with E-state index in [0.717, 1.165) is 17.1 Å². The van der Waals surface area contributed by atoms with Gasteiger partial charge in [-0.15, -0.1) is 0 Å². The fraction of sp³-hybridized carbons (Fsp3) is 0.368. The molecule has 8 nitrogen and oxygen atoms in total. The summed E-state index contributed by atoms with van der Waals surface area (Å²) in [5.41, 5.74) is 14.3. The van der Waals surface area contributed by atoms with Gasteiger partial charge >= 0.3 is 0 Å². The van der Waals surface area contributed by atoms with Crippen molar-refractivity contribution < 1.29 is 19.7 Å². The van der Waals surface area contributed by atoms with Crippen molar-refractivity contribution in [3.63, 3.8) is 0 Å². The van der Waals surface area contributed by atoms with Crippen LogP contribution >= 0.6 is 0 Å². The Bertz CT molecular complexity index is 750. The Morgan fingerprint density at radius 1 is 0.963 bits per heavy atom. The maximum atomic E-state index is 9.31. The van der Waals surface area contributed by atoms with Crippen LogP contribution in [-0.4, -0.2) is 48.7 Å². The summed E-state index contributed by atoms with van der Waals surface area (Å²) >= 11 is 0. The molecule has 27 heavy (non-hydrogen) atoms. The molecule has 0 saturated carbocycles. The summed E-state index contributed by atoms with van der Waals surface area (Å²) in [4.78, 5) is 0. The molecule has 2 unspecified atom stereocenters. The Morgan fingerprint density at radius 2 is 1.56 bits per heavy atom. The van der Waals surface area contributed by atoms with Crippen LogP contribution in [0.5, 0.6) is 11.5 Å². The molecule has 8 N–H and O–H groups in total. The molecule has 0 radical (unpaired) electrons. The molecule has 4 rings (SSSR count). The number of fused-ring (bicyclic) bond motifs is 2. The molecule has 2 aliphatic heterocycles. The summed E-state index contributed by atoms with van der Waals surface area (Å²) in [6.07, 6.45) is -0.464. The standard InChI is InChI=1S/2C9H12N2O2.CH4/c10-6-1-2-8-9(3-6)13-5-7(4-12)11-8;10-6-1-2-8-9(3-6)13-5-7(12)4-11-8;/h2*1-3,7,11-12H,4-5,10H2;1H4. The molecule has 0 spiro atoms. The summed E-state index contributed by atoms with van der Waals surface area (Å²) in [5, 5.41) is 24.4. The maximum absolute atomic E-state index is 9.31. The molecule has 0 amide bonds. The second kappa shape index (κ2) is 9.20. The van der Waals surface area contributed by atoms with Gasteiger partial charge in [0.2, 0.25) is 0 Å². The predicted molar refractivity (Wildman–Crippen MR) is 108 cm³/mol. The highest BCUT2D eigenvalue weighted by Gasteiger charge is 2.17. The first-order chi connectivity index (χ1) is 12.5. The van der Waals surface area contributed by atoms with E-state index in [1.54, 1.807) is 24.3 Å². The van der Waals surface area contributed by atoms with Crippen molar-refractivity contribution in [2.75, 3.05) is 48.5 Å². The number of hydrogen-bond acceptors (Lipinski definition) is 8. The molecule has 0 aromatic heterocycles. The largest absolute Gasteiger partial charge is 0.489 e. The fourth-order valence-electron chi connectivity index (χ4n) is 2.60. The van der Waals surface area contributed by atoms with Crippen LogP contribution in [0.3, 0.4) is 0 Å². The molecule has 0 saturated heterocycles. The summed E-state index contributed by atoms with van der Waals surface area (Å²) in [5.74, 6) is 1.46. The van der Waals surface area contributed by atoms with E-state index in [1.165, 1.54) is 0 Å². The molecule has 148 valence electrons. The second-order valence-electron chi connectivity index (χ2n) is 6.19. The van der Waals surface area contributed by atoms with E-state index < -0.39 is 6.10 Å². The number of β-amino-alcohol motifs (C(OH)–C–C–N with tert-alkyl or cyclic N) is 1. The van der Waals surface area contributed by atoms with E-state index in [9.17, 15) is 5.11 Å². The van der Waals surface area contributed by atoms with Gasteiger partial charge in [0.05, 0.1) is 24.0 Å². The molecular formula is C19H28N4O4. The fourth-order valence-corrected chi connectivity index (χ4v) is 2.60. The van der Waals surface area contributed by atoms with Gasteiger partial charge in [0, 0.05) is 30.1 Å². The third-order valence-electron chi connectivity index (χ3n) is 3.99. The van der Waals surface area contributed by atoms with Gasteiger partial charge in [0.25, 0.3) is 0 Å². The van der Waals surface area contributed by atoms with E-state index in [2.05, 4.69) is 10.6 Å². The Labute approximate surface area is 159 Å². The van der Waals surface area contributed by atoms with Gasteiger partial charge in [-0.3, -0.25) is 0 Å². The molecule has 0 fully saturated rings. The van der Waals surface area contributed by atoms with Crippen LogP contribution < -0.4 is 31.6 Å². The summed E-state index contributed by atoms with van der Waals surface area (Å²) < 4.78 is 10.8. The van der Waals surface area contributed by atoms with Crippen LogP contribution in [0, 0.1) is 0 Å². The zero-order valence-electron chi connectivity index (χ0n) is 14.3. The van der Waals surface area contributed by atoms with Crippen molar-refractivity contribution in [1.82, 2.24) is 0 Å². The number of ether oxygens (including phenoxy) is 2. The second-order valence-corrected chi connectivity index (χ2v) is 6.19. The minimum atomic E-state index is -0.464. The van der Waals surface area contributed by atoms with Crippen LogP contribution in [0.4, 0.5) is 22.7 Å². The number of aliphatic hydroxyl groups excluding tert-OH is 2. The smallest absolute Gasteiger partial charge is 0.144 e. The molecule has 0 bridgehead atoms. The van der Waals surface area contributed by atoms with Gasteiger partial charge in [0.15, 0.2) is 0 Å². The lowest BCUT2D eigenvalue weighted by Gasteiger charge is -2.26. The number of nitrogen functional groups attached to an aromatic ring is 2. The maximum Gasteiger partial charge on any atom is 0.144 e. The minimum absolute atomic E-state index is 0. The lowest BCUT2D eigenvalue weighted by atomic mass is 10.2. The van der Waals surface area contributed by atoms with Crippen molar-refractivity contribution in [3.05, 3.63) is 36.4 Å². The van der Waals surface area contributed by atoms with Crippen molar-refractivity contribution in [2.24, 2.45) is 0 Å². The molecule has 0 aliphatic carbocycles.